The molecule has 166 valence electrons. The molecule has 1 aromatic rings. The van der Waals surface area contributed by atoms with E-state index in [0.717, 1.165) is 30.5 Å². The highest BCUT2D eigenvalue weighted by Crippen LogP contribution is 2.40. The summed E-state index contributed by atoms with van der Waals surface area (Å²) >= 11 is 0. The molecule has 0 bridgehead atoms. The van der Waals surface area contributed by atoms with Crippen molar-refractivity contribution in [1.82, 2.24) is 10.6 Å². The lowest BCUT2D eigenvalue weighted by Crippen LogP contribution is -2.43. The predicted octanol–water partition coefficient (Wildman–Crippen LogP) is 4.51. The number of carbonyl (C=O) groups is 1. The van der Waals surface area contributed by atoms with Gasteiger partial charge in [0, 0.05) is 18.5 Å². The third kappa shape index (κ3) is 4.07. The molecule has 5 rings (SSSR count). The molecule has 1 aliphatic heterocycles. The highest BCUT2D eigenvalue weighted by molar-refractivity contribution is 5.91. The summed E-state index contributed by atoms with van der Waals surface area (Å²) in [4.78, 5) is 16.8. The number of aryl methyl sites for hydroxylation is 1. The zero-order valence-electron chi connectivity index (χ0n) is 18.1. The Morgan fingerprint density at radius 1 is 1.31 bits per heavy atom. The number of allylic oxidation sites excluding steroid dienone is 4. The third-order valence-corrected chi connectivity index (χ3v) is 6.77. The fourth-order valence-corrected chi connectivity index (χ4v) is 5.11. The number of carboxylic acids is 1. The molecule has 3 unspecified atom stereocenters. The summed E-state index contributed by atoms with van der Waals surface area (Å²) in [6.07, 6.45) is 11.1. The van der Waals surface area contributed by atoms with Gasteiger partial charge in [-0.15, -0.1) is 0 Å². The minimum Gasteiger partial charge on any atom is -0.480 e. The number of benzene rings is 1. The SMILES string of the molecule is CC1C=C2C(=CC1)CCc1ccccc1C2N[C@H](CC1=NC2CC(F)=CC=C2N1)C(=O)O. The van der Waals surface area contributed by atoms with Gasteiger partial charge in [0.25, 0.3) is 0 Å². The molecule has 5 nitrogen and oxygen atoms in total. The molecule has 0 saturated heterocycles. The van der Waals surface area contributed by atoms with Crippen LogP contribution in [0.4, 0.5) is 4.39 Å². The average Bonchev–Trinajstić information content (AvgIpc) is 3.10. The van der Waals surface area contributed by atoms with Gasteiger partial charge in [-0.3, -0.25) is 15.1 Å². The number of hydrogen-bond donors (Lipinski definition) is 3. The van der Waals surface area contributed by atoms with Crippen molar-refractivity contribution in [3.63, 3.8) is 0 Å². The highest BCUT2D eigenvalue weighted by atomic mass is 19.1. The van der Waals surface area contributed by atoms with E-state index in [-0.39, 0.29) is 30.8 Å². The minimum atomic E-state index is -0.917. The van der Waals surface area contributed by atoms with Gasteiger partial charge in [-0.05, 0) is 59.6 Å². The van der Waals surface area contributed by atoms with E-state index >= 15 is 0 Å². The molecule has 6 heteroatoms. The van der Waals surface area contributed by atoms with Gasteiger partial charge in [0.05, 0.1) is 12.1 Å². The molecule has 3 aliphatic carbocycles. The van der Waals surface area contributed by atoms with Gasteiger partial charge in [-0.1, -0.05) is 43.3 Å². The van der Waals surface area contributed by atoms with Crippen molar-refractivity contribution in [2.75, 3.05) is 0 Å². The number of aliphatic imine (C=N–C) groups is 1. The number of amidine groups is 1. The number of nitrogens with one attached hydrogen (secondary N) is 2. The Balaban J connectivity index is 1.43. The van der Waals surface area contributed by atoms with Crippen molar-refractivity contribution in [2.45, 2.75) is 57.2 Å². The van der Waals surface area contributed by atoms with Crippen molar-refractivity contribution >= 4 is 11.8 Å². The summed E-state index contributed by atoms with van der Waals surface area (Å²) in [5.74, 6) is -0.108. The highest BCUT2D eigenvalue weighted by Gasteiger charge is 2.34. The molecule has 3 N–H and O–H groups in total. The minimum absolute atomic E-state index is 0.189. The average molecular weight is 434 g/mol. The van der Waals surface area contributed by atoms with Gasteiger partial charge >= 0.3 is 5.97 Å². The number of hydrogen-bond acceptors (Lipinski definition) is 4. The number of halogens is 1. The molecule has 0 amide bonds. The lowest BCUT2D eigenvalue weighted by molar-refractivity contribution is -0.139. The van der Waals surface area contributed by atoms with Crippen LogP contribution in [0.15, 0.2) is 76.2 Å². The summed E-state index contributed by atoms with van der Waals surface area (Å²) in [6, 6.07) is 7.02. The lowest BCUT2D eigenvalue weighted by atomic mass is 9.85. The molecule has 4 atom stereocenters. The summed E-state index contributed by atoms with van der Waals surface area (Å²) in [5, 5.41) is 16.7. The summed E-state index contributed by atoms with van der Waals surface area (Å²) in [5.41, 5.74) is 5.75. The Bertz CT molecular complexity index is 1100. The van der Waals surface area contributed by atoms with Crippen LogP contribution in [0.5, 0.6) is 0 Å². The van der Waals surface area contributed by atoms with E-state index in [1.807, 2.05) is 12.1 Å². The van der Waals surface area contributed by atoms with E-state index < -0.39 is 12.0 Å². The molecule has 4 aliphatic rings. The molecule has 0 radical (unpaired) electrons. The van der Waals surface area contributed by atoms with Crippen molar-refractivity contribution in [3.05, 3.63) is 82.4 Å². The molecule has 0 spiro atoms. The number of nitrogens with zero attached hydrogens (tertiary/aromatic N) is 1. The zero-order chi connectivity index (χ0) is 22.2. The fraction of sp³-hybridized carbons (Fsp3) is 0.385. The Kier molecular flexibility index (Phi) is 5.55. The maximum atomic E-state index is 13.6. The Hall–Kier alpha value is -2.99. The van der Waals surface area contributed by atoms with Gasteiger partial charge < -0.3 is 10.4 Å². The quantitative estimate of drug-likeness (QED) is 0.639. The molecule has 1 heterocycles. The van der Waals surface area contributed by atoms with Crippen LogP contribution in [0.3, 0.4) is 0 Å². The maximum Gasteiger partial charge on any atom is 0.321 e. The van der Waals surface area contributed by atoms with E-state index in [4.69, 9.17) is 0 Å². The lowest BCUT2D eigenvalue weighted by Gasteiger charge is -2.29. The molecule has 1 aromatic carbocycles. The van der Waals surface area contributed by atoms with Crippen LogP contribution in [0, 0.1) is 5.92 Å². The van der Waals surface area contributed by atoms with Gasteiger partial charge in [0.15, 0.2) is 0 Å². The van der Waals surface area contributed by atoms with E-state index in [0.29, 0.717) is 11.8 Å². The van der Waals surface area contributed by atoms with Crippen LogP contribution < -0.4 is 10.6 Å². The number of rotatable bonds is 5. The first kappa shape index (κ1) is 20.9. The summed E-state index contributed by atoms with van der Waals surface area (Å²) in [6.45, 7) is 2.20. The van der Waals surface area contributed by atoms with Gasteiger partial charge in [0.1, 0.15) is 17.7 Å². The van der Waals surface area contributed by atoms with Gasteiger partial charge in [-0.25, -0.2) is 4.39 Å². The fourth-order valence-electron chi connectivity index (χ4n) is 5.11. The molecule has 0 aromatic heterocycles. The van der Waals surface area contributed by atoms with Crippen molar-refractivity contribution in [1.29, 1.82) is 0 Å². The van der Waals surface area contributed by atoms with Crippen LogP contribution in [-0.2, 0) is 11.2 Å². The van der Waals surface area contributed by atoms with Crippen LogP contribution in [0.25, 0.3) is 0 Å². The number of carboxylic acid groups (broad SMARTS) is 1. The van der Waals surface area contributed by atoms with E-state index in [1.165, 1.54) is 22.8 Å². The van der Waals surface area contributed by atoms with E-state index in [1.54, 1.807) is 6.08 Å². The first-order valence-corrected chi connectivity index (χ1v) is 11.4. The maximum absolute atomic E-state index is 13.6. The van der Waals surface area contributed by atoms with Gasteiger partial charge in [0.2, 0.25) is 0 Å². The zero-order valence-corrected chi connectivity index (χ0v) is 18.1. The van der Waals surface area contributed by atoms with E-state index in [9.17, 15) is 14.3 Å². The Morgan fingerprint density at radius 2 is 2.16 bits per heavy atom. The van der Waals surface area contributed by atoms with Crippen LogP contribution >= 0.6 is 0 Å². The standard InChI is InChI=1S/C26H28FN3O2/c1-15-6-7-17-9-8-16-4-2-3-5-19(16)25(20(17)12-15)30-23(26(31)32)14-24-28-21-11-10-18(27)13-22(21)29-24/h2-5,7,10-12,15,22-23,25,30H,6,8-9,13-14H2,1H3,(H,28,29)(H,31,32)/t15?,22?,23-,25?/m1/s1. The van der Waals surface area contributed by atoms with Crippen molar-refractivity contribution < 1.29 is 14.3 Å². The molecular formula is C26H28FN3O2. The normalized spacial score (nSPS) is 27.2. The van der Waals surface area contributed by atoms with Crippen LogP contribution in [0.2, 0.25) is 0 Å². The smallest absolute Gasteiger partial charge is 0.321 e. The second kappa shape index (κ2) is 8.51. The molecule has 0 saturated carbocycles. The van der Waals surface area contributed by atoms with Crippen molar-refractivity contribution in [2.24, 2.45) is 10.9 Å². The third-order valence-electron chi connectivity index (χ3n) is 6.77. The summed E-state index contributed by atoms with van der Waals surface area (Å²) < 4.78 is 13.6. The largest absolute Gasteiger partial charge is 0.480 e. The van der Waals surface area contributed by atoms with E-state index in [2.05, 4.69) is 46.8 Å². The summed E-state index contributed by atoms with van der Waals surface area (Å²) in [7, 11) is 0. The topological polar surface area (TPSA) is 73.7 Å². The Labute approximate surface area is 187 Å². The van der Waals surface area contributed by atoms with Gasteiger partial charge in [-0.2, -0.15) is 0 Å². The second-order valence-corrected chi connectivity index (χ2v) is 9.11. The number of fused-ring (bicyclic) bond motifs is 3. The number of aliphatic carboxylic acids is 1. The molecular weight excluding hydrogens is 405 g/mol. The first-order chi connectivity index (χ1) is 15.5. The van der Waals surface area contributed by atoms with Crippen LogP contribution in [0.1, 0.15) is 49.8 Å². The monoisotopic (exact) mass is 433 g/mol. The Morgan fingerprint density at radius 3 is 3.00 bits per heavy atom. The first-order valence-electron chi connectivity index (χ1n) is 11.4. The molecule has 32 heavy (non-hydrogen) atoms. The predicted molar refractivity (Wildman–Crippen MR) is 123 cm³/mol. The van der Waals surface area contributed by atoms with Crippen molar-refractivity contribution in [3.8, 4) is 0 Å². The van der Waals surface area contributed by atoms with Crippen LogP contribution in [-0.4, -0.2) is 29.0 Å². The second-order valence-electron chi connectivity index (χ2n) is 9.11. The molecule has 0 fully saturated rings.